The number of hydrogen-bond donors (Lipinski definition) is 3. The van der Waals surface area contributed by atoms with Gasteiger partial charge in [-0.25, -0.2) is 4.57 Å². The summed E-state index contributed by atoms with van der Waals surface area (Å²) >= 11 is 0. The van der Waals surface area contributed by atoms with Gasteiger partial charge in [0.2, 0.25) is 0 Å². The van der Waals surface area contributed by atoms with E-state index in [-0.39, 0.29) is 12.5 Å². The predicted octanol–water partition coefficient (Wildman–Crippen LogP) is 6.61. The zero-order valence-electron chi connectivity index (χ0n) is 23.9. The standard InChI is InChI=1S/C33H44NO5P/c1-26(27-16-18-28(19-17-27)32(2,3)25-39-40(36,37)38)11-10-22-34-23-20-31(21-24-34)33(35,29-12-6-4-7-13-29)30-14-8-5-9-15-30/h4-9,12-19,26,31,35H,10-11,20-25H2,1-3H3,(H2,36,37,38). The van der Waals surface area contributed by atoms with Gasteiger partial charge in [0.15, 0.2) is 0 Å². The summed E-state index contributed by atoms with van der Waals surface area (Å²) in [6.45, 7) is 9.08. The van der Waals surface area contributed by atoms with Gasteiger partial charge in [0.25, 0.3) is 0 Å². The molecule has 7 heteroatoms. The number of nitrogens with zero attached hydrogens (tertiary/aromatic N) is 1. The highest BCUT2D eigenvalue weighted by Crippen LogP contribution is 2.42. The summed E-state index contributed by atoms with van der Waals surface area (Å²) in [4.78, 5) is 20.6. The molecule has 1 atom stereocenters. The maximum atomic E-state index is 12.1. The van der Waals surface area contributed by atoms with E-state index >= 15 is 0 Å². The van der Waals surface area contributed by atoms with Gasteiger partial charge >= 0.3 is 7.82 Å². The third-order valence-corrected chi connectivity index (χ3v) is 9.04. The van der Waals surface area contributed by atoms with E-state index in [1.807, 2.05) is 86.6 Å². The summed E-state index contributed by atoms with van der Waals surface area (Å²) in [6, 6.07) is 28.5. The molecule has 1 saturated heterocycles. The third kappa shape index (κ3) is 7.70. The van der Waals surface area contributed by atoms with Crippen molar-refractivity contribution in [1.82, 2.24) is 4.90 Å². The Labute approximate surface area is 239 Å². The molecule has 0 saturated carbocycles. The SMILES string of the molecule is CC(CCCN1CCC(C(O)(c2ccccc2)c2ccccc2)CC1)c1ccc(C(C)(C)COP(=O)(O)O)cc1. The second-order valence-electron chi connectivity index (χ2n) is 11.9. The Hall–Kier alpha value is -2.31. The van der Waals surface area contributed by atoms with Crippen LogP contribution in [0.5, 0.6) is 0 Å². The summed E-state index contributed by atoms with van der Waals surface area (Å²) in [6.07, 6.45) is 4.11. The van der Waals surface area contributed by atoms with Crippen molar-refractivity contribution < 1.29 is 24.0 Å². The van der Waals surface area contributed by atoms with Crippen molar-refractivity contribution in [3.8, 4) is 0 Å². The van der Waals surface area contributed by atoms with Gasteiger partial charge in [-0.3, -0.25) is 4.52 Å². The van der Waals surface area contributed by atoms with E-state index in [0.29, 0.717) is 5.92 Å². The molecule has 0 aromatic heterocycles. The Morgan fingerprint density at radius 3 is 1.90 bits per heavy atom. The lowest BCUT2D eigenvalue weighted by atomic mass is 9.72. The molecule has 3 N–H and O–H groups in total. The molecular formula is C33H44NO5P. The molecule has 1 unspecified atom stereocenters. The minimum absolute atomic E-state index is 0.0447. The van der Waals surface area contributed by atoms with Crippen LogP contribution in [0.1, 0.15) is 74.6 Å². The van der Waals surface area contributed by atoms with Crippen molar-refractivity contribution >= 4 is 7.82 Å². The first-order valence-corrected chi connectivity index (χ1v) is 15.9. The number of benzene rings is 3. The zero-order chi connectivity index (χ0) is 28.8. The first-order valence-electron chi connectivity index (χ1n) is 14.4. The summed E-state index contributed by atoms with van der Waals surface area (Å²) in [5.74, 6) is 0.588. The number of hydrogen-bond acceptors (Lipinski definition) is 4. The van der Waals surface area contributed by atoms with Crippen molar-refractivity contribution in [2.75, 3.05) is 26.2 Å². The molecule has 1 heterocycles. The number of piperidine rings is 1. The Morgan fingerprint density at radius 1 is 0.875 bits per heavy atom. The van der Waals surface area contributed by atoms with E-state index in [4.69, 9.17) is 14.3 Å². The van der Waals surface area contributed by atoms with E-state index in [2.05, 4.69) is 24.0 Å². The first kappa shape index (κ1) is 30.6. The van der Waals surface area contributed by atoms with Crippen LogP contribution in [0.15, 0.2) is 84.9 Å². The Morgan fingerprint density at radius 2 is 1.40 bits per heavy atom. The topological polar surface area (TPSA) is 90.2 Å². The van der Waals surface area contributed by atoms with Crippen molar-refractivity contribution in [3.63, 3.8) is 0 Å². The van der Waals surface area contributed by atoms with Crippen LogP contribution < -0.4 is 0 Å². The molecule has 6 nitrogen and oxygen atoms in total. The lowest BCUT2D eigenvalue weighted by molar-refractivity contribution is -0.0143. The van der Waals surface area contributed by atoms with Gasteiger partial charge in [-0.15, -0.1) is 0 Å². The Balaban J connectivity index is 1.28. The molecule has 1 aliphatic heterocycles. The number of phosphoric ester groups is 1. The van der Waals surface area contributed by atoms with E-state index in [9.17, 15) is 9.67 Å². The summed E-state index contributed by atoms with van der Waals surface area (Å²) in [7, 11) is -4.49. The van der Waals surface area contributed by atoms with Gasteiger partial charge in [-0.1, -0.05) is 106 Å². The molecule has 0 spiro atoms. The number of likely N-dealkylation sites (tertiary alicyclic amines) is 1. The Bertz CT molecular complexity index is 1200. The van der Waals surface area contributed by atoms with Crippen LogP contribution in [0.25, 0.3) is 0 Å². The number of phosphoric acid groups is 1. The predicted molar refractivity (Wildman–Crippen MR) is 160 cm³/mol. The average Bonchev–Trinajstić information content (AvgIpc) is 2.97. The van der Waals surface area contributed by atoms with Gasteiger partial charge < -0.3 is 19.8 Å². The third-order valence-electron chi connectivity index (χ3n) is 8.57. The minimum Gasteiger partial charge on any atom is -0.380 e. The highest BCUT2D eigenvalue weighted by atomic mass is 31.2. The average molecular weight is 566 g/mol. The van der Waals surface area contributed by atoms with Crippen LogP contribution >= 0.6 is 7.82 Å². The fourth-order valence-corrected chi connectivity index (χ4v) is 6.47. The lowest BCUT2D eigenvalue weighted by Gasteiger charge is -2.42. The quantitative estimate of drug-likeness (QED) is 0.214. The van der Waals surface area contributed by atoms with Crippen LogP contribution in [0.3, 0.4) is 0 Å². The molecule has 0 amide bonds. The van der Waals surface area contributed by atoms with Crippen LogP contribution in [-0.2, 0) is 20.1 Å². The fraction of sp³-hybridized carbons (Fsp3) is 0.455. The van der Waals surface area contributed by atoms with Gasteiger partial charge in [-0.05, 0) is 79.4 Å². The monoisotopic (exact) mass is 565 g/mol. The van der Waals surface area contributed by atoms with Gasteiger partial charge in [0.1, 0.15) is 5.60 Å². The Kier molecular flexibility index (Phi) is 10.0. The van der Waals surface area contributed by atoms with Crippen molar-refractivity contribution in [1.29, 1.82) is 0 Å². The van der Waals surface area contributed by atoms with Crippen LogP contribution in [0.2, 0.25) is 0 Å². The summed E-state index contributed by atoms with van der Waals surface area (Å²) in [5.41, 5.74) is 2.72. The smallest absolute Gasteiger partial charge is 0.380 e. The molecule has 3 aromatic rings. The van der Waals surface area contributed by atoms with Gasteiger partial charge in [0, 0.05) is 5.41 Å². The summed E-state index contributed by atoms with van der Waals surface area (Å²) < 4.78 is 15.9. The zero-order valence-corrected chi connectivity index (χ0v) is 24.8. The van der Waals surface area contributed by atoms with Crippen LogP contribution in [-0.4, -0.2) is 46.0 Å². The number of aliphatic hydroxyl groups is 1. The van der Waals surface area contributed by atoms with E-state index in [1.54, 1.807) is 0 Å². The highest BCUT2D eigenvalue weighted by molar-refractivity contribution is 7.46. The molecule has 0 radical (unpaired) electrons. The molecular weight excluding hydrogens is 521 g/mol. The normalized spacial score (nSPS) is 16.6. The molecule has 40 heavy (non-hydrogen) atoms. The maximum Gasteiger partial charge on any atom is 0.469 e. The van der Waals surface area contributed by atoms with Gasteiger partial charge in [-0.2, -0.15) is 0 Å². The highest BCUT2D eigenvalue weighted by Gasteiger charge is 2.41. The lowest BCUT2D eigenvalue weighted by Crippen LogP contribution is -2.44. The van der Waals surface area contributed by atoms with Crippen LogP contribution in [0, 0.1) is 5.92 Å². The molecule has 1 fully saturated rings. The molecule has 216 valence electrons. The molecule has 0 bridgehead atoms. The van der Waals surface area contributed by atoms with Crippen LogP contribution in [0.4, 0.5) is 0 Å². The largest absolute Gasteiger partial charge is 0.469 e. The van der Waals surface area contributed by atoms with E-state index < -0.39 is 18.8 Å². The van der Waals surface area contributed by atoms with Gasteiger partial charge in [0.05, 0.1) is 6.61 Å². The molecule has 3 aromatic carbocycles. The van der Waals surface area contributed by atoms with E-state index in [1.165, 1.54) is 5.56 Å². The second kappa shape index (κ2) is 13.1. The minimum atomic E-state index is -4.49. The molecule has 1 aliphatic rings. The maximum absolute atomic E-state index is 12.1. The molecule has 0 aliphatic carbocycles. The van der Waals surface area contributed by atoms with Crippen molar-refractivity contribution in [2.45, 2.75) is 63.4 Å². The second-order valence-corrected chi connectivity index (χ2v) is 13.2. The summed E-state index contributed by atoms with van der Waals surface area (Å²) in [5, 5.41) is 12.1. The number of rotatable bonds is 12. The molecule has 4 rings (SSSR count). The van der Waals surface area contributed by atoms with E-state index in [0.717, 1.165) is 62.0 Å². The fourth-order valence-electron chi connectivity index (χ4n) is 5.98. The van der Waals surface area contributed by atoms with Crippen molar-refractivity contribution in [2.24, 2.45) is 5.92 Å². The van der Waals surface area contributed by atoms with Crippen molar-refractivity contribution in [3.05, 3.63) is 107 Å². The first-order chi connectivity index (χ1) is 19.0.